The van der Waals surface area contributed by atoms with Crippen molar-refractivity contribution in [3.05, 3.63) is 18.0 Å². The average molecular weight is 368 g/mol. The van der Waals surface area contributed by atoms with Crippen LogP contribution in [0, 0.1) is 23.2 Å². The lowest BCUT2D eigenvalue weighted by Gasteiger charge is -2.30. The molecule has 2 N–H and O–H groups in total. The van der Waals surface area contributed by atoms with Crippen molar-refractivity contribution in [1.29, 1.82) is 5.26 Å². The number of nitriles is 1. The van der Waals surface area contributed by atoms with E-state index in [9.17, 15) is 4.79 Å². The molecule has 1 aliphatic heterocycles. The van der Waals surface area contributed by atoms with Gasteiger partial charge in [-0.3, -0.25) is 14.6 Å². The Balaban J connectivity index is 1.75. The van der Waals surface area contributed by atoms with E-state index in [1.807, 2.05) is 13.8 Å². The van der Waals surface area contributed by atoms with Gasteiger partial charge in [-0.1, -0.05) is 13.8 Å². The maximum absolute atomic E-state index is 12.8. The molecule has 0 radical (unpaired) electrons. The summed E-state index contributed by atoms with van der Waals surface area (Å²) in [6, 6.07) is 2.32. The first kappa shape index (κ1) is 18.6. The van der Waals surface area contributed by atoms with Crippen molar-refractivity contribution in [1.82, 2.24) is 20.0 Å². The summed E-state index contributed by atoms with van der Waals surface area (Å²) in [4.78, 5) is 19.3. The van der Waals surface area contributed by atoms with E-state index >= 15 is 0 Å². The molecule has 2 aromatic rings. The average Bonchev–Trinajstić information content (AvgIpc) is 3.26. The number of carbonyl (C=O) groups is 1. The van der Waals surface area contributed by atoms with Crippen molar-refractivity contribution in [2.24, 2.45) is 23.9 Å². The van der Waals surface area contributed by atoms with Gasteiger partial charge < -0.3 is 10.2 Å². The fourth-order valence-electron chi connectivity index (χ4n) is 3.00. The van der Waals surface area contributed by atoms with Crippen molar-refractivity contribution in [2.45, 2.75) is 26.7 Å². The Morgan fingerprint density at radius 1 is 1.44 bits per heavy atom. The summed E-state index contributed by atoms with van der Waals surface area (Å²) >= 11 is 0. The predicted octanol–water partition coefficient (Wildman–Crippen LogP) is 2.49. The lowest BCUT2D eigenvalue weighted by molar-refractivity contribution is 0.102. The third-order valence-electron chi connectivity index (χ3n) is 4.51. The summed E-state index contributed by atoms with van der Waals surface area (Å²) in [6.45, 7) is 5.54. The summed E-state index contributed by atoms with van der Waals surface area (Å²) in [7, 11) is 1.76. The Morgan fingerprint density at radius 3 is 2.85 bits per heavy atom. The first-order chi connectivity index (χ1) is 13.0. The van der Waals surface area contributed by atoms with Crippen LogP contribution in [0.2, 0.25) is 0 Å². The van der Waals surface area contributed by atoms with Gasteiger partial charge in [0.15, 0.2) is 5.82 Å². The Labute approximate surface area is 158 Å². The number of nitrogens with zero attached hydrogens (tertiary/aromatic N) is 6. The fourth-order valence-corrected chi connectivity index (χ4v) is 3.00. The molecule has 0 unspecified atom stereocenters. The molecule has 1 fully saturated rings. The van der Waals surface area contributed by atoms with Gasteiger partial charge >= 0.3 is 0 Å². The van der Waals surface area contributed by atoms with Crippen LogP contribution >= 0.6 is 0 Å². The molecule has 1 amide bonds. The van der Waals surface area contributed by atoms with Gasteiger partial charge in [-0.2, -0.15) is 15.5 Å². The molecular formula is C18H24N8O. The van der Waals surface area contributed by atoms with Crippen molar-refractivity contribution in [3.8, 4) is 6.07 Å². The van der Waals surface area contributed by atoms with E-state index in [0.29, 0.717) is 17.1 Å². The minimum absolute atomic E-state index is 0.0963. The molecule has 9 nitrogen and oxygen atoms in total. The van der Waals surface area contributed by atoms with Crippen LogP contribution in [0.5, 0.6) is 0 Å². The normalized spacial score (nSPS) is 15.4. The van der Waals surface area contributed by atoms with E-state index in [2.05, 4.69) is 36.6 Å². The molecular weight excluding hydrogens is 344 g/mol. The summed E-state index contributed by atoms with van der Waals surface area (Å²) in [5.74, 6) is 1.36. The molecule has 1 aliphatic rings. The van der Waals surface area contributed by atoms with Gasteiger partial charge in [-0.15, -0.1) is 0 Å². The smallest absolute Gasteiger partial charge is 0.261 e. The number of aliphatic imine (C=N–C) groups is 1. The van der Waals surface area contributed by atoms with Crippen LogP contribution in [0.3, 0.4) is 0 Å². The SMILES string of the molecule is CC(C)C=Nc1c(C(=O)Nc2cn[nH]c2N2CCC(C#N)CC2)cnn1C. The van der Waals surface area contributed by atoms with E-state index in [4.69, 9.17) is 5.26 Å². The van der Waals surface area contributed by atoms with Crippen molar-refractivity contribution in [3.63, 3.8) is 0 Å². The Morgan fingerprint density at radius 2 is 2.19 bits per heavy atom. The summed E-state index contributed by atoms with van der Waals surface area (Å²) < 4.78 is 1.58. The molecule has 9 heteroatoms. The molecule has 1 saturated heterocycles. The predicted molar refractivity (Wildman–Crippen MR) is 103 cm³/mol. The summed E-state index contributed by atoms with van der Waals surface area (Å²) in [6.07, 6.45) is 6.51. The van der Waals surface area contributed by atoms with Gasteiger partial charge in [0.25, 0.3) is 5.91 Å². The van der Waals surface area contributed by atoms with Crippen molar-refractivity contribution >= 4 is 29.4 Å². The number of aromatic nitrogens is 4. The highest BCUT2D eigenvalue weighted by Crippen LogP contribution is 2.28. The van der Waals surface area contributed by atoms with E-state index < -0.39 is 0 Å². The Hall–Kier alpha value is -3.15. The molecule has 3 heterocycles. The van der Waals surface area contributed by atoms with Crippen LogP contribution in [0.4, 0.5) is 17.3 Å². The van der Waals surface area contributed by atoms with Gasteiger partial charge in [0, 0.05) is 32.3 Å². The van der Waals surface area contributed by atoms with Crippen LogP contribution in [0.1, 0.15) is 37.0 Å². The second kappa shape index (κ2) is 8.03. The molecule has 2 aromatic heterocycles. The van der Waals surface area contributed by atoms with Crippen LogP contribution in [-0.2, 0) is 7.05 Å². The monoisotopic (exact) mass is 368 g/mol. The topological polar surface area (TPSA) is 115 Å². The number of anilines is 2. The fraction of sp³-hybridized carbons (Fsp3) is 0.500. The van der Waals surface area contributed by atoms with Crippen LogP contribution in [0.15, 0.2) is 17.4 Å². The number of carbonyl (C=O) groups excluding carboxylic acids is 1. The summed E-state index contributed by atoms with van der Waals surface area (Å²) in [5.41, 5.74) is 1.02. The molecule has 0 spiro atoms. The second-order valence-corrected chi connectivity index (χ2v) is 7.00. The molecule has 0 aliphatic carbocycles. The molecule has 3 rings (SSSR count). The number of H-pyrrole nitrogens is 1. The number of aromatic amines is 1. The van der Waals surface area contributed by atoms with E-state index in [-0.39, 0.29) is 17.7 Å². The highest BCUT2D eigenvalue weighted by atomic mass is 16.1. The van der Waals surface area contributed by atoms with Crippen molar-refractivity contribution in [2.75, 3.05) is 23.3 Å². The first-order valence-corrected chi connectivity index (χ1v) is 9.05. The van der Waals surface area contributed by atoms with Crippen LogP contribution < -0.4 is 10.2 Å². The minimum atomic E-state index is -0.284. The Kier molecular flexibility index (Phi) is 5.54. The highest BCUT2D eigenvalue weighted by Gasteiger charge is 2.24. The van der Waals surface area contributed by atoms with Gasteiger partial charge in [-0.05, 0) is 18.8 Å². The van der Waals surface area contributed by atoms with Crippen molar-refractivity contribution < 1.29 is 4.79 Å². The lowest BCUT2D eigenvalue weighted by Crippen LogP contribution is -2.34. The first-order valence-electron chi connectivity index (χ1n) is 9.05. The van der Waals surface area contributed by atoms with Crippen LogP contribution in [0.25, 0.3) is 0 Å². The zero-order valence-electron chi connectivity index (χ0n) is 15.8. The molecule has 0 atom stereocenters. The van der Waals surface area contributed by atoms with Gasteiger partial charge in [0.2, 0.25) is 0 Å². The zero-order valence-corrected chi connectivity index (χ0v) is 15.8. The lowest BCUT2D eigenvalue weighted by atomic mass is 9.99. The number of hydrogen-bond acceptors (Lipinski definition) is 6. The second-order valence-electron chi connectivity index (χ2n) is 7.00. The molecule has 27 heavy (non-hydrogen) atoms. The van der Waals surface area contributed by atoms with Crippen LogP contribution in [-0.4, -0.2) is 45.2 Å². The molecule has 142 valence electrons. The molecule has 0 aromatic carbocycles. The maximum Gasteiger partial charge on any atom is 0.261 e. The van der Waals surface area contributed by atoms with Gasteiger partial charge in [-0.25, -0.2) is 4.99 Å². The zero-order chi connectivity index (χ0) is 19.4. The highest BCUT2D eigenvalue weighted by molar-refractivity contribution is 6.08. The van der Waals surface area contributed by atoms with E-state index in [1.165, 1.54) is 6.20 Å². The third-order valence-corrected chi connectivity index (χ3v) is 4.51. The number of hydrogen-bond donors (Lipinski definition) is 2. The number of piperidine rings is 1. The minimum Gasteiger partial charge on any atom is -0.355 e. The summed E-state index contributed by atoms with van der Waals surface area (Å²) in [5, 5.41) is 23.1. The largest absolute Gasteiger partial charge is 0.355 e. The molecule has 0 saturated carbocycles. The number of aryl methyl sites for hydroxylation is 1. The van der Waals surface area contributed by atoms with Gasteiger partial charge in [0.05, 0.1) is 18.5 Å². The number of amides is 1. The quantitative estimate of drug-likeness (QED) is 0.787. The third kappa shape index (κ3) is 4.16. The maximum atomic E-state index is 12.8. The number of nitrogens with one attached hydrogen (secondary N) is 2. The number of rotatable bonds is 5. The Bertz CT molecular complexity index is 864. The molecule has 0 bridgehead atoms. The standard InChI is InChI=1S/C18H24N8O/c1-12(2)9-20-16-14(10-22-25(16)3)18(27)23-15-11-21-24-17(15)26-6-4-13(8-19)5-7-26/h9-13H,4-7H2,1-3H3,(H,21,24)(H,23,27). The van der Waals surface area contributed by atoms with Gasteiger partial charge in [0.1, 0.15) is 17.1 Å². The van der Waals surface area contributed by atoms with E-state index in [1.54, 1.807) is 24.1 Å². The van der Waals surface area contributed by atoms with E-state index in [0.717, 1.165) is 31.7 Å².